The number of benzene rings is 1. The Balaban J connectivity index is 2.42. The maximum atomic E-state index is 14.1. The number of nitrogens with two attached hydrogens (primary N) is 1. The van der Waals surface area contributed by atoms with Crippen LogP contribution < -0.4 is 10.6 Å². The van der Waals surface area contributed by atoms with Crippen LogP contribution in [-0.4, -0.2) is 32.5 Å². The van der Waals surface area contributed by atoms with Gasteiger partial charge in [-0.25, -0.2) is 12.8 Å². The average Bonchev–Trinajstić information content (AvgIpc) is 2.28. The summed E-state index contributed by atoms with van der Waals surface area (Å²) in [5.41, 5.74) is 7.04. The van der Waals surface area contributed by atoms with Crippen LogP contribution >= 0.6 is 0 Å². The molecule has 0 amide bonds. The van der Waals surface area contributed by atoms with Crippen molar-refractivity contribution in [1.82, 2.24) is 0 Å². The van der Waals surface area contributed by atoms with E-state index in [4.69, 9.17) is 5.73 Å². The maximum Gasteiger partial charge on any atom is 0.154 e. The van der Waals surface area contributed by atoms with Crippen LogP contribution in [0.1, 0.15) is 25.5 Å². The van der Waals surface area contributed by atoms with Crippen molar-refractivity contribution in [3.05, 3.63) is 29.6 Å². The van der Waals surface area contributed by atoms with Crippen LogP contribution in [0.3, 0.4) is 0 Å². The van der Waals surface area contributed by atoms with Crippen molar-refractivity contribution < 1.29 is 12.8 Å². The fourth-order valence-electron chi connectivity index (χ4n) is 2.53. The number of hydrogen-bond donors (Lipinski definition) is 1. The molecule has 0 bridgehead atoms. The largest absolute Gasteiger partial charge is 0.364 e. The van der Waals surface area contributed by atoms with Gasteiger partial charge in [0, 0.05) is 18.6 Å². The molecule has 0 aliphatic carbocycles. The third-order valence-electron chi connectivity index (χ3n) is 3.47. The zero-order chi connectivity index (χ0) is 14.2. The zero-order valence-electron chi connectivity index (χ0n) is 11.1. The molecule has 2 N–H and O–H groups in total. The van der Waals surface area contributed by atoms with E-state index in [0.717, 1.165) is 0 Å². The third-order valence-corrected chi connectivity index (χ3v) is 5.26. The fraction of sp³-hybridized carbons (Fsp3) is 0.538. The van der Waals surface area contributed by atoms with E-state index in [2.05, 4.69) is 0 Å². The molecule has 1 heterocycles. The molecule has 0 radical (unpaired) electrons. The highest BCUT2D eigenvalue weighted by molar-refractivity contribution is 7.91. The molecule has 19 heavy (non-hydrogen) atoms. The first-order chi connectivity index (χ1) is 8.82. The lowest BCUT2D eigenvalue weighted by Gasteiger charge is -2.37. The van der Waals surface area contributed by atoms with E-state index < -0.39 is 9.84 Å². The van der Waals surface area contributed by atoms with E-state index in [9.17, 15) is 12.8 Å². The fourth-order valence-corrected chi connectivity index (χ4v) is 4.09. The average molecular weight is 286 g/mol. The van der Waals surface area contributed by atoms with Crippen molar-refractivity contribution in [3.8, 4) is 0 Å². The van der Waals surface area contributed by atoms with Gasteiger partial charge in [-0.2, -0.15) is 0 Å². The Morgan fingerprint density at radius 2 is 2.16 bits per heavy atom. The Labute approximate surface area is 113 Å². The van der Waals surface area contributed by atoms with Crippen LogP contribution in [0.5, 0.6) is 0 Å². The first kappa shape index (κ1) is 14.3. The summed E-state index contributed by atoms with van der Waals surface area (Å²) < 4.78 is 37.3. The van der Waals surface area contributed by atoms with Gasteiger partial charge in [-0.3, -0.25) is 0 Å². The summed E-state index contributed by atoms with van der Waals surface area (Å²) in [6, 6.07) is 4.27. The molecular weight excluding hydrogens is 267 g/mol. The van der Waals surface area contributed by atoms with Gasteiger partial charge in [-0.05, 0) is 25.5 Å². The van der Waals surface area contributed by atoms with Gasteiger partial charge in [0.2, 0.25) is 0 Å². The van der Waals surface area contributed by atoms with Crippen molar-refractivity contribution in [2.75, 3.05) is 23.0 Å². The summed E-state index contributed by atoms with van der Waals surface area (Å²) in [6.07, 6.45) is 0. The van der Waals surface area contributed by atoms with Crippen LogP contribution in [-0.2, 0) is 9.84 Å². The Bertz CT molecular complexity index is 572. The molecule has 4 nitrogen and oxygen atoms in total. The van der Waals surface area contributed by atoms with Crippen LogP contribution in [0.4, 0.5) is 10.1 Å². The van der Waals surface area contributed by atoms with Gasteiger partial charge in [-0.1, -0.05) is 12.1 Å². The second-order valence-corrected chi connectivity index (χ2v) is 7.35. The minimum atomic E-state index is -3.01. The highest BCUT2D eigenvalue weighted by Gasteiger charge is 2.31. The molecule has 2 atom stereocenters. The number of rotatable bonds is 2. The maximum absolute atomic E-state index is 14.1. The summed E-state index contributed by atoms with van der Waals surface area (Å²) in [7, 11) is -3.01. The molecule has 0 saturated carbocycles. The van der Waals surface area contributed by atoms with E-state index in [0.29, 0.717) is 17.8 Å². The lowest BCUT2D eigenvalue weighted by Crippen LogP contribution is -2.47. The normalized spacial score (nSPS) is 24.2. The van der Waals surface area contributed by atoms with Crippen LogP contribution in [0.2, 0.25) is 0 Å². The van der Waals surface area contributed by atoms with E-state index in [1.54, 1.807) is 26.0 Å². The van der Waals surface area contributed by atoms with Crippen molar-refractivity contribution >= 4 is 15.5 Å². The van der Waals surface area contributed by atoms with Gasteiger partial charge in [0.05, 0.1) is 17.2 Å². The molecule has 1 aromatic carbocycles. The van der Waals surface area contributed by atoms with Crippen LogP contribution in [0, 0.1) is 5.82 Å². The molecule has 1 unspecified atom stereocenters. The Hall–Kier alpha value is -1.14. The van der Waals surface area contributed by atoms with Crippen molar-refractivity contribution in [3.63, 3.8) is 0 Å². The molecule has 1 aliphatic rings. The molecular formula is C13H19FN2O2S. The van der Waals surface area contributed by atoms with Crippen LogP contribution in [0.25, 0.3) is 0 Å². The number of sulfone groups is 1. The minimum absolute atomic E-state index is 0.0553. The van der Waals surface area contributed by atoms with E-state index >= 15 is 0 Å². The highest BCUT2D eigenvalue weighted by Crippen LogP contribution is 2.31. The number of nitrogens with zero attached hydrogens (tertiary/aromatic N) is 1. The summed E-state index contributed by atoms with van der Waals surface area (Å²) in [4.78, 5) is 1.81. The van der Waals surface area contributed by atoms with E-state index in [1.807, 2.05) is 4.90 Å². The van der Waals surface area contributed by atoms with Gasteiger partial charge in [0.15, 0.2) is 9.84 Å². The first-order valence-electron chi connectivity index (χ1n) is 6.33. The number of para-hydroxylation sites is 1. The van der Waals surface area contributed by atoms with Crippen molar-refractivity contribution in [1.29, 1.82) is 0 Å². The van der Waals surface area contributed by atoms with Gasteiger partial charge in [0.1, 0.15) is 5.82 Å². The Kier molecular flexibility index (Phi) is 3.82. The van der Waals surface area contributed by atoms with Crippen molar-refractivity contribution in [2.45, 2.75) is 25.9 Å². The molecule has 1 saturated heterocycles. The predicted octanol–water partition coefficient (Wildman–Crippen LogP) is 1.47. The molecule has 6 heteroatoms. The van der Waals surface area contributed by atoms with Gasteiger partial charge < -0.3 is 10.6 Å². The monoisotopic (exact) mass is 286 g/mol. The number of halogens is 1. The quantitative estimate of drug-likeness (QED) is 0.894. The topological polar surface area (TPSA) is 63.4 Å². The third kappa shape index (κ3) is 2.90. The minimum Gasteiger partial charge on any atom is -0.364 e. The summed E-state index contributed by atoms with van der Waals surface area (Å²) in [5, 5.41) is 0. The summed E-state index contributed by atoms with van der Waals surface area (Å²) in [5.74, 6) is -0.231. The van der Waals surface area contributed by atoms with Crippen LogP contribution in [0.15, 0.2) is 18.2 Å². The predicted molar refractivity (Wildman–Crippen MR) is 74.5 cm³/mol. The summed E-state index contributed by atoms with van der Waals surface area (Å²) in [6.45, 7) is 3.90. The first-order valence-corrected chi connectivity index (χ1v) is 8.15. The Morgan fingerprint density at radius 1 is 1.47 bits per heavy atom. The molecule has 1 aliphatic heterocycles. The molecule has 106 valence electrons. The molecule has 0 spiro atoms. The van der Waals surface area contributed by atoms with E-state index in [-0.39, 0.29) is 29.4 Å². The van der Waals surface area contributed by atoms with Gasteiger partial charge in [-0.15, -0.1) is 0 Å². The standard InChI is InChI=1S/C13H19FN2O2S/c1-9-8-19(17,18)7-6-16(9)13-11(10(2)15)4-3-5-12(13)14/h3-5,9-10H,6-8,15H2,1-2H3/t9?,10-/m1/s1. The SMILES string of the molecule is CC1CS(=O)(=O)CCN1c1c(F)cccc1[C@@H](C)N. The number of anilines is 1. The van der Waals surface area contributed by atoms with Gasteiger partial charge in [0.25, 0.3) is 0 Å². The second kappa shape index (κ2) is 5.09. The number of hydrogen-bond acceptors (Lipinski definition) is 4. The summed E-state index contributed by atoms with van der Waals surface area (Å²) >= 11 is 0. The lowest BCUT2D eigenvalue weighted by molar-refractivity contribution is 0.556. The van der Waals surface area contributed by atoms with Gasteiger partial charge >= 0.3 is 0 Å². The highest BCUT2D eigenvalue weighted by atomic mass is 32.2. The molecule has 1 fully saturated rings. The molecule has 2 rings (SSSR count). The zero-order valence-corrected chi connectivity index (χ0v) is 12.0. The molecule has 0 aromatic heterocycles. The second-order valence-electron chi connectivity index (χ2n) is 5.12. The van der Waals surface area contributed by atoms with Crippen molar-refractivity contribution in [2.24, 2.45) is 5.73 Å². The Morgan fingerprint density at radius 3 is 2.74 bits per heavy atom. The molecule has 1 aromatic rings. The lowest BCUT2D eigenvalue weighted by atomic mass is 10.0. The smallest absolute Gasteiger partial charge is 0.154 e. The van der Waals surface area contributed by atoms with E-state index in [1.165, 1.54) is 6.07 Å².